The summed E-state index contributed by atoms with van der Waals surface area (Å²) in [6.07, 6.45) is 5.23. The molecule has 0 unspecified atom stereocenters. The predicted octanol–water partition coefficient (Wildman–Crippen LogP) is 4.76. The Kier molecular flexibility index (Phi) is 8.03. The molecule has 0 saturated heterocycles. The topological polar surface area (TPSA) is 57.1 Å². The molecule has 0 aromatic heterocycles. The Hall–Kier alpha value is -3.34. The number of esters is 1. The lowest BCUT2D eigenvalue weighted by Gasteiger charge is -2.10. The van der Waals surface area contributed by atoms with E-state index < -0.39 is 5.97 Å². The molecule has 2 rings (SSSR count). The highest BCUT2D eigenvalue weighted by Crippen LogP contribution is 2.21. The number of hydrogen-bond donors (Lipinski definition) is 0. The normalized spacial score (nSPS) is 12.1. The SMILES string of the molecule is CO/C=C(/C(=O)OC)c1ccccc1CO/N=C(C)/C=C/c1ccc(C)cc1. The third-order valence-electron chi connectivity index (χ3n) is 3.97. The van der Waals surface area contributed by atoms with Crippen LogP contribution >= 0.6 is 0 Å². The van der Waals surface area contributed by atoms with E-state index in [0.717, 1.165) is 16.8 Å². The molecule has 0 bridgehead atoms. The lowest BCUT2D eigenvalue weighted by molar-refractivity contribution is -0.133. The van der Waals surface area contributed by atoms with Crippen molar-refractivity contribution in [3.05, 3.63) is 83.1 Å². The van der Waals surface area contributed by atoms with Crippen molar-refractivity contribution >= 4 is 23.3 Å². The number of nitrogens with zero attached hydrogens (tertiary/aromatic N) is 1. The van der Waals surface area contributed by atoms with E-state index in [4.69, 9.17) is 14.3 Å². The largest absolute Gasteiger partial charge is 0.503 e. The van der Waals surface area contributed by atoms with E-state index in [1.807, 2.05) is 55.5 Å². The van der Waals surface area contributed by atoms with Gasteiger partial charge in [-0.2, -0.15) is 0 Å². The first-order valence-electron chi connectivity index (χ1n) is 8.86. The van der Waals surface area contributed by atoms with Crippen LogP contribution in [0, 0.1) is 6.92 Å². The molecule has 5 nitrogen and oxygen atoms in total. The third-order valence-corrected chi connectivity index (χ3v) is 3.97. The van der Waals surface area contributed by atoms with Crippen LogP contribution in [0.2, 0.25) is 0 Å². The van der Waals surface area contributed by atoms with E-state index in [-0.39, 0.29) is 6.61 Å². The maximum atomic E-state index is 12.0. The average Bonchev–Trinajstić information content (AvgIpc) is 2.71. The average molecular weight is 379 g/mol. The number of oxime groups is 1. The summed E-state index contributed by atoms with van der Waals surface area (Å²) in [6, 6.07) is 15.6. The van der Waals surface area contributed by atoms with Crippen LogP contribution in [0.15, 0.2) is 66.0 Å². The molecule has 0 amide bonds. The van der Waals surface area contributed by atoms with Gasteiger partial charge in [0.2, 0.25) is 0 Å². The Balaban J connectivity index is 2.08. The summed E-state index contributed by atoms with van der Waals surface area (Å²) < 4.78 is 9.85. The minimum atomic E-state index is -0.477. The first-order valence-corrected chi connectivity index (χ1v) is 8.86. The zero-order valence-electron chi connectivity index (χ0n) is 16.6. The highest BCUT2D eigenvalue weighted by atomic mass is 16.6. The second kappa shape index (κ2) is 10.7. The van der Waals surface area contributed by atoms with Crippen LogP contribution < -0.4 is 0 Å². The molecular formula is C23H25NO4. The van der Waals surface area contributed by atoms with Gasteiger partial charge in [0.25, 0.3) is 0 Å². The summed E-state index contributed by atoms with van der Waals surface area (Å²) in [6.45, 7) is 4.13. The number of methoxy groups -OCH3 is 2. The van der Waals surface area contributed by atoms with E-state index in [0.29, 0.717) is 11.1 Å². The van der Waals surface area contributed by atoms with E-state index in [9.17, 15) is 4.79 Å². The molecule has 2 aromatic carbocycles. The fraction of sp³-hybridized carbons (Fsp3) is 0.217. The molecule has 0 aliphatic carbocycles. The molecule has 0 fully saturated rings. The van der Waals surface area contributed by atoms with Crippen LogP contribution in [-0.2, 0) is 25.7 Å². The highest BCUT2D eigenvalue weighted by molar-refractivity contribution is 6.16. The summed E-state index contributed by atoms with van der Waals surface area (Å²) in [5.41, 5.74) is 4.86. The molecule has 146 valence electrons. The number of ether oxygens (including phenoxy) is 2. The molecule has 0 atom stereocenters. The molecule has 28 heavy (non-hydrogen) atoms. The Bertz CT molecular complexity index is 880. The lowest BCUT2D eigenvalue weighted by Crippen LogP contribution is -2.07. The minimum Gasteiger partial charge on any atom is -0.503 e. The van der Waals surface area contributed by atoms with Gasteiger partial charge in [-0.05, 0) is 31.1 Å². The number of carbonyl (C=O) groups is 1. The fourth-order valence-electron chi connectivity index (χ4n) is 2.49. The van der Waals surface area contributed by atoms with Crippen molar-refractivity contribution in [3.8, 4) is 0 Å². The summed E-state index contributed by atoms with van der Waals surface area (Å²) in [5.74, 6) is -0.477. The maximum absolute atomic E-state index is 12.0. The molecule has 0 radical (unpaired) electrons. The van der Waals surface area contributed by atoms with Gasteiger partial charge in [-0.15, -0.1) is 0 Å². The van der Waals surface area contributed by atoms with Crippen molar-refractivity contribution in [3.63, 3.8) is 0 Å². The number of carbonyl (C=O) groups excluding carboxylic acids is 1. The third kappa shape index (κ3) is 6.13. The summed E-state index contributed by atoms with van der Waals surface area (Å²) in [4.78, 5) is 17.5. The molecule has 2 aromatic rings. The van der Waals surface area contributed by atoms with Crippen molar-refractivity contribution in [2.45, 2.75) is 20.5 Å². The van der Waals surface area contributed by atoms with Crippen molar-refractivity contribution in [2.24, 2.45) is 5.16 Å². The van der Waals surface area contributed by atoms with Gasteiger partial charge in [0.1, 0.15) is 12.2 Å². The molecule has 0 saturated carbocycles. The molecule has 0 N–H and O–H groups in total. The maximum Gasteiger partial charge on any atom is 0.341 e. The van der Waals surface area contributed by atoms with Crippen molar-refractivity contribution < 1.29 is 19.1 Å². The van der Waals surface area contributed by atoms with E-state index >= 15 is 0 Å². The molecular weight excluding hydrogens is 354 g/mol. The van der Waals surface area contributed by atoms with Gasteiger partial charge in [0.05, 0.1) is 26.2 Å². The van der Waals surface area contributed by atoms with Gasteiger partial charge in [0.15, 0.2) is 0 Å². The van der Waals surface area contributed by atoms with Crippen molar-refractivity contribution in [1.82, 2.24) is 0 Å². The van der Waals surface area contributed by atoms with Crippen molar-refractivity contribution in [2.75, 3.05) is 14.2 Å². The van der Waals surface area contributed by atoms with Crippen molar-refractivity contribution in [1.29, 1.82) is 0 Å². The van der Waals surface area contributed by atoms with Gasteiger partial charge < -0.3 is 14.3 Å². The van der Waals surface area contributed by atoms with Crippen LogP contribution in [0.3, 0.4) is 0 Å². The molecule has 0 heterocycles. The molecule has 0 aliphatic heterocycles. The fourth-order valence-corrected chi connectivity index (χ4v) is 2.49. The summed E-state index contributed by atoms with van der Waals surface area (Å²) in [5, 5.41) is 4.13. The van der Waals surface area contributed by atoms with Crippen LogP contribution in [-0.4, -0.2) is 25.9 Å². The van der Waals surface area contributed by atoms with E-state index in [1.165, 1.54) is 26.0 Å². The first kappa shape index (κ1) is 21.0. The zero-order chi connectivity index (χ0) is 20.4. The monoisotopic (exact) mass is 379 g/mol. The van der Waals surface area contributed by atoms with Gasteiger partial charge in [-0.25, -0.2) is 4.79 Å². The van der Waals surface area contributed by atoms with Gasteiger partial charge in [0, 0.05) is 5.56 Å². The van der Waals surface area contributed by atoms with Gasteiger partial charge in [-0.1, -0.05) is 65.3 Å². The summed E-state index contributed by atoms with van der Waals surface area (Å²) in [7, 11) is 2.81. The Morgan fingerprint density at radius 1 is 1.07 bits per heavy atom. The van der Waals surface area contributed by atoms with Crippen LogP contribution in [0.5, 0.6) is 0 Å². The first-order chi connectivity index (χ1) is 13.5. The van der Waals surface area contributed by atoms with Gasteiger partial charge >= 0.3 is 5.97 Å². The number of allylic oxidation sites excluding steroid dienone is 1. The number of aryl methyl sites for hydroxylation is 1. The van der Waals surface area contributed by atoms with E-state index in [1.54, 1.807) is 0 Å². The Labute approximate surface area is 165 Å². The number of benzene rings is 2. The second-order valence-electron chi connectivity index (χ2n) is 6.17. The van der Waals surface area contributed by atoms with Crippen LogP contribution in [0.4, 0.5) is 0 Å². The minimum absolute atomic E-state index is 0.212. The smallest absolute Gasteiger partial charge is 0.341 e. The molecule has 5 heteroatoms. The highest BCUT2D eigenvalue weighted by Gasteiger charge is 2.16. The lowest BCUT2D eigenvalue weighted by atomic mass is 10.0. The number of hydrogen-bond acceptors (Lipinski definition) is 5. The summed E-state index contributed by atoms with van der Waals surface area (Å²) >= 11 is 0. The van der Waals surface area contributed by atoms with Crippen LogP contribution in [0.25, 0.3) is 11.6 Å². The molecule has 0 aliphatic rings. The van der Waals surface area contributed by atoms with E-state index in [2.05, 4.69) is 24.2 Å². The predicted molar refractivity (Wildman–Crippen MR) is 112 cm³/mol. The van der Waals surface area contributed by atoms with Gasteiger partial charge in [-0.3, -0.25) is 0 Å². The number of rotatable bonds is 8. The molecule has 0 spiro atoms. The zero-order valence-corrected chi connectivity index (χ0v) is 16.6. The van der Waals surface area contributed by atoms with Crippen LogP contribution in [0.1, 0.15) is 29.2 Å². The standard InChI is InChI=1S/C23H25NO4/c1-17-9-12-19(13-10-17)14-11-18(2)24-28-15-20-7-5-6-8-21(20)22(16-26-3)23(25)27-4/h5-14,16H,15H2,1-4H3/b14-11+,22-16+,24-18+. The Morgan fingerprint density at radius 3 is 2.46 bits per heavy atom. The quantitative estimate of drug-likeness (QED) is 0.218. The second-order valence-corrected chi connectivity index (χ2v) is 6.17. The Morgan fingerprint density at radius 2 is 1.79 bits per heavy atom.